The second-order valence-electron chi connectivity index (χ2n) is 3.22. The summed E-state index contributed by atoms with van der Waals surface area (Å²) < 4.78 is 13.5. The maximum atomic E-state index is 12.9. The van der Waals surface area contributed by atoms with E-state index in [0.29, 0.717) is 4.47 Å². The molecule has 0 aliphatic rings. The SMILES string of the molecule is CC(CO)NC(=O)c1cc(F)cc(Br)c1. The molecule has 3 nitrogen and oxygen atoms in total. The predicted octanol–water partition coefficient (Wildman–Crippen LogP) is 1.70. The molecule has 0 aliphatic carbocycles. The molecular formula is C10H11BrFNO2. The highest BCUT2D eigenvalue weighted by Gasteiger charge is 2.10. The fraction of sp³-hybridized carbons (Fsp3) is 0.300. The molecule has 15 heavy (non-hydrogen) atoms. The number of nitrogens with one attached hydrogen (secondary N) is 1. The first kappa shape index (κ1) is 12.1. The van der Waals surface area contributed by atoms with Gasteiger partial charge >= 0.3 is 0 Å². The number of amides is 1. The second-order valence-corrected chi connectivity index (χ2v) is 4.13. The Bertz CT molecular complexity index is 350. The molecular weight excluding hydrogens is 265 g/mol. The lowest BCUT2D eigenvalue weighted by atomic mass is 10.2. The van der Waals surface area contributed by atoms with Crippen LogP contribution >= 0.6 is 15.9 Å². The first-order valence-corrected chi connectivity index (χ1v) is 5.20. The van der Waals surface area contributed by atoms with Crippen LogP contribution in [-0.4, -0.2) is 23.7 Å². The van der Waals surface area contributed by atoms with Crippen LogP contribution in [0.15, 0.2) is 22.7 Å². The van der Waals surface area contributed by atoms with Gasteiger partial charge in [-0.15, -0.1) is 0 Å². The van der Waals surface area contributed by atoms with Gasteiger partial charge in [-0.05, 0) is 25.1 Å². The average Bonchev–Trinajstić information content (AvgIpc) is 2.16. The lowest BCUT2D eigenvalue weighted by Crippen LogP contribution is -2.35. The summed E-state index contributed by atoms with van der Waals surface area (Å²) >= 11 is 3.10. The molecule has 5 heteroatoms. The number of hydrogen-bond donors (Lipinski definition) is 2. The molecule has 82 valence electrons. The van der Waals surface area contributed by atoms with E-state index in [1.54, 1.807) is 6.92 Å². The molecule has 0 spiro atoms. The molecule has 1 unspecified atom stereocenters. The number of hydrogen-bond acceptors (Lipinski definition) is 2. The summed E-state index contributed by atoms with van der Waals surface area (Å²) in [4.78, 5) is 11.5. The van der Waals surface area contributed by atoms with E-state index in [4.69, 9.17) is 5.11 Å². The molecule has 1 aromatic rings. The lowest BCUT2D eigenvalue weighted by molar-refractivity contribution is 0.0922. The zero-order valence-corrected chi connectivity index (χ0v) is 9.71. The minimum atomic E-state index is -0.480. The van der Waals surface area contributed by atoms with Gasteiger partial charge in [0.1, 0.15) is 5.82 Å². The van der Waals surface area contributed by atoms with Crippen LogP contribution in [0.1, 0.15) is 17.3 Å². The van der Waals surface area contributed by atoms with Gasteiger partial charge in [0.2, 0.25) is 0 Å². The number of aliphatic hydroxyl groups excluding tert-OH is 1. The standard InChI is InChI=1S/C10H11BrFNO2/c1-6(5-14)13-10(15)7-2-8(11)4-9(12)3-7/h2-4,6,14H,5H2,1H3,(H,13,15). The monoisotopic (exact) mass is 275 g/mol. The summed E-state index contributed by atoms with van der Waals surface area (Å²) in [6.45, 7) is 1.51. The highest BCUT2D eigenvalue weighted by atomic mass is 79.9. The first-order valence-electron chi connectivity index (χ1n) is 4.40. The van der Waals surface area contributed by atoms with Crippen LogP contribution < -0.4 is 5.32 Å². The number of halogens is 2. The van der Waals surface area contributed by atoms with Gasteiger partial charge in [0.05, 0.1) is 6.61 Å². The Labute approximate surface area is 95.4 Å². The van der Waals surface area contributed by atoms with Crippen molar-refractivity contribution < 1.29 is 14.3 Å². The number of aliphatic hydroxyl groups is 1. The van der Waals surface area contributed by atoms with E-state index in [1.807, 2.05) is 0 Å². The Hall–Kier alpha value is -0.940. The highest BCUT2D eigenvalue weighted by molar-refractivity contribution is 9.10. The van der Waals surface area contributed by atoms with Crippen molar-refractivity contribution in [1.29, 1.82) is 0 Å². The number of carbonyl (C=O) groups excluding carboxylic acids is 1. The molecule has 0 aliphatic heterocycles. The van der Waals surface area contributed by atoms with Gasteiger partial charge < -0.3 is 10.4 Å². The zero-order chi connectivity index (χ0) is 11.4. The fourth-order valence-electron chi connectivity index (χ4n) is 1.04. The van der Waals surface area contributed by atoms with Crippen molar-refractivity contribution in [3.63, 3.8) is 0 Å². The Morgan fingerprint density at radius 2 is 2.27 bits per heavy atom. The van der Waals surface area contributed by atoms with Crippen molar-refractivity contribution in [2.45, 2.75) is 13.0 Å². The number of benzene rings is 1. The van der Waals surface area contributed by atoms with Gasteiger partial charge in [0.15, 0.2) is 0 Å². The van der Waals surface area contributed by atoms with Gasteiger partial charge in [0.25, 0.3) is 5.91 Å². The van der Waals surface area contributed by atoms with Crippen LogP contribution in [0.25, 0.3) is 0 Å². The molecule has 0 aromatic heterocycles. The smallest absolute Gasteiger partial charge is 0.251 e. The van der Waals surface area contributed by atoms with Gasteiger partial charge in [-0.2, -0.15) is 0 Å². The maximum Gasteiger partial charge on any atom is 0.251 e. The maximum absolute atomic E-state index is 12.9. The second kappa shape index (κ2) is 5.23. The van der Waals surface area contributed by atoms with Crippen LogP contribution in [-0.2, 0) is 0 Å². The fourth-order valence-corrected chi connectivity index (χ4v) is 1.50. The Kier molecular flexibility index (Phi) is 4.23. The van der Waals surface area contributed by atoms with E-state index in [2.05, 4.69) is 21.2 Å². The van der Waals surface area contributed by atoms with Crippen LogP contribution in [0.5, 0.6) is 0 Å². The zero-order valence-electron chi connectivity index (χ0n) is 8.13. The van der Waals surface area contributed by atoms with E-state index >= 15 is 0 Å². The normalized spacial score (nSPS) is 12.3. The Morgan fingerprint density at radius 1 is 1.60 bits per heavy atom. The molecule has 1 atom stereocenters. The van der Waals surface area contributed by atoms with Crippen LogP contribution in [0, 0.1) is 5.82 Å². The third-order valence-corrected chi connectivity index (χ3v) is 2.23. The molecule has 0 saturated carbocycles. The van der Waals surface area contributed by atoms with Gasteiger partial charge in [0, 0.05) is 16.1 Å². The molecule has 1 rings (SSSR count). The van der Waals surface area contributed by atoms with Gasteiger partial charge in [-0.25, -0.2) is 4.39 Å². The first-order chi connectivity index (χ1) is 7.02. The Balaban J connectivity index is 2.82. The van der Waals surface area contributed by atoms with Crippen LogP contribution in [0.4, 0.5) is 4.39 Å². The van der Waals surface area contributed by atoms with Crippen molar-refractivity contribution in [2.75, 3.05) is 6.61 Å². The van der Waals surface area contributed by atoms with E-state index in [-0.39, 0.29) is 18.2 Å². The van der Waals surface area contributed by atoms with Crippen molar-refractivity contribution in [2.24, 2.45) is 0 Å². The van der Waals surface area contributed by atoms with Gasteiger partial charge in [-0.1, -0.05) is 15.9 Å². The van der Waals surface area contributed by atoms with Gasteiger partial charge in [-0.3, -0.25) is 4.79 Å². The quantitative estimate of drug-likeness (QED) is 0.882. The van der Waals surface area contributed by atoms with E-state index in [0.717, 1.165) is 6.07 Å². The summed E-state index contributed by atoms with van der Waals surface area (Å²) in [6.07, 6.45) is 0. The van der Waals surface area contributed by atoms with Crippen LogP contribution in [0.3, 0.4) is 0 Å². The summed E-state index contributed by atoms with van der Waals surface area (Å²) in [5, 5.41) is 11.3. The Morgan fingerprint density at radius 3 is 2.80 bits per heavy atom. The molecule has 0 bridgehead atoms. The lowest BCUT2D eigenvalue weighted by Gasteiger charge is -2.10. The van der Waals surface area contributed by atoms with Crippen molar-refractivity contribution >= 4 is 21.8 Å². The summed E-state index contributed by atoms with van der Waals surface area (Å²) in [7, 11) is 0. The van der Waals surface area contributed by atoms with E-state index in [1.165, 1.54) is 12.1 Å². The minimum absolute atomic E-state index is 0.151. The molecule has 0 heterocycles. The topological polar surface area (TPSA) is 49.3 Å². The molecule has 1 aromatic carbocycles. The highest BCUT2D eigenvalue weighted by Crippen LogP contribution is 2.14. The molecule has 0 fully saturated rings. The van der Waals surface area contributed by atoms with E-state index in [9.17, 15) is 9.18 Å². The molecule has 1 amide bonds. The molecule has 2 N–H and O–H groups in total. The van der Waals surface area contributed by atoms with Crippen LogP contribution in [0.2, 0.25) is 0 Å². The minimum Gasteiger partial charge on any atom is -0.394 e. The predicted molar refractivity (Wildman–Crippen MR) is 58.1 cm³/mol. The summed E-state index contributed by atoms with van der Waals surface area (Å²) in [5.41, 5.74) is 0.224. The third-order valence-electron chi connectivity index (χ3n) is 1.78. The van der Waals surface area contributed by atoms with Crippen molar-refractivity contribution in [1.82, 2.24) is 5.32 Å². The van der Waals surface area contributed by atoms with Crippen molar-refractivity contribution in [3.8, 4) is 0 Å². The molecule has 0 radical (unpaired) electrons. The molecule has 0 saturated heterocycles. The average molecular weight is 276 g/mol. The number of carbonyl (C=O) groups is 1. The van der Waals surface area contributed by atoms with Crippen molar-refractivity contribution in [3.05, 3.63) is 34.1 Å². The summed E-state index contributed by atoms with van der Waals surface area (Å²) in [6, 6.07) is 3.58. The largest absolute Gasteiger partial charge is 0.394 e. The number of rotatable bonds is 3. The summed E-state index contributed by atoms with van der Waals surface area (Å²) in [5.74, 6) is -0.886. The van der Waals surface area contributed by atoms with E-state index < -0.39 is 11.7 Å². The third kappa shape index (κ3) is 3.60.